The Morgan fingerprint density at radius 3 is 2.80 bits per heavy atom. The molecule has 1 aromatic carbocycles. The van der Waals surface area contributed by atoms with Crippen molar-refractivity contribution in [3.05, 3.63) is 29.3 Å². The average molecular weight is 272 g/mol. The molecule has 0 heterocycles. The first kappa shape index (κ1) is 13.5. The first-order valence-corrected chi connectivity index (χ1v) is 7.77. The van der Waals surface area contributed by atoms with Gasteiger partial charge >= 0.3 is 6.03 Å². The molecule has 0 aromatic heterocycles. The minimum atomic E-state index is -0.0638. The van der Waals surface area contributed by atoms with Gasteiger partial charge in [-0.15, -0.1) is 0 Å². The number of aryl methyl sites for hydroxylation is 2. The van der Waals surface area contributed by atoms with Crippen LogP contribution < -0.4 is 10.6 Å². The summed E-state index contributed by atoms with van der Waals surface area (Å²) in [6, 6.07) is 6.56. The van der Waals surface area contributed by atoms with Gasteiger partial charge in [0.05, 0.1) is 0 Å². The summed E-state index contributed by atoms with van der Waals surface area (Å²) in [4.78, 5) is 12.0. The van der Waals surface area contributed by atoms with Crippen molar-refractivity contribution in [2.45, 2.75) is 58.4 Å². The van der Waals surface area contributed by atoms with E-state index < -0.39 is 0 Å². The minimum absolute atomic E-state index is 0.0638. The van der Waals surface area contributed by atoms with Gasteiger partial charge in [0.15, 0.2) is 0 Å². The number of carbonyl (C=O) groups excluding carboxylic acids is 1. The number of carbonyl (C=O) groups is 1. The van der Waals surface area contributed by atoms with Crippen LogP contribution in [0.3, 0.4) is 0 Å². The lowest BCUT2D eigenvalue weighted by Crippen LogP contribution is -2.50. The number of anilines is 1. The zero-order chi connectivity index (χ0) is 14.2. The van der Waals surface area contributed by atoms with Crippen molar-refractivity contribution in [2.75, 3.05) is 5.32 Å². The molecule has 20 heavy (non-hydrogen) atoms. The van der Waals surface area contributed by atoms with Crippen LogP contribution in [0, 0.1) is 5.41 Å². The molecule has 0 unspecified atom stereocenters. The maximum absolute atomic E-state index is 12.0. The predicted octanol–water partition coefficient (Wildman–Crippen LogP) is 3.88. The molecule has 1 aromatic rings. The van der Waals surface area contributed by atoms with E-state index in [0.717, 1.165) is 24.9 Å². The van der Waals surface area contributed by atoms with Gasteiger partial charge in [-0.25, -0.2) is 4.79 Å². The fraction of sp³-hybridized carbons (Fsp3) is 0.588. The maximum atomic E-state index is 12.0. The highest BCUT2D eigenvalue weighted by Crippen LogP contribution is 2.43. The second kappa shape index (κ2) is 5.12. The van der Waals surface area contributed by atoms with Crippen LogP contribution in [0.2, 0.25) is 0 Å². The molecule has 2 N–H and O–H groups in total. The van der Waals surface area contributed by atoms with Crippen molar-refractivity contribution in [3.8, 4) is 0 Å². The quantitative estimate of drug-likeness (QED) is 0.861. The van der Waals surface area contributed by atoms with Crippen molar-refractivity contribution in [3.63, 3.8) is 0 Å². The van der Waals surface area contributed by atoms with E-state index in [1.807, 2.05) is 6.07 Å². The molecule has 3 nitrogen and oxygen atoms in total. The molecule has 3 heteroatoms. The van der Waals surface area contributed by atoms with Crippen molar-refractivity contribution in [2.24, 2.45) is 5.41 Å². The number of rotatable bonds is 3. The molecule has 1 saturated carbocycles. The molecule has 3 rings (SSSR count). The predicted molar refractivity (Wildman–Crippen MR) is 82.0 cm³/mol. The normalized spacial score (nSPS) is 27.6. The highest BCUT2D eigenvalue weighted by atomic mass is 16.2. The van der Waals surface area contributed by atoms with Crippen LogP contribution in [0.4, 0.5) is 10.5 Å². The van der Waals surface area contributed by atoms with E-state index in [-0.39, 0.29) is 6.03 Å². The van der Waals surface area contributed by atoms with Gasteiger partial charge in [-0.3, -0.25) is 0 Å². The van der Waals surface area contributed by atoms with Crippen molar-refractivity contribution < 1.29 is 4.79 Å². The van der Waals surface area contributed by atoms with Gasteiger partial charge in [0.2, 0.25) is 0 Å². The SMILES string of the molecule is CCC1(C)CC(NC(=O)Nc2ccc3c(c2)CCC3)C1. The summed E-state index contributed by atoms with van der Waals surface area (Å²) >= 11 is 0. The number of hydrogen-bond acceptors (Lipinski definition) is 1. The number of nitrogens with one attached hydrogen (secondary N) is 2. The van der Waals surface area contributed by atoms with Gasteiger partial charge in [-0.2, -0.15) is 0 Å². The summed E-state index contributed by atoms with van der Waals surface area (Å²) in [5.41, 5.74) is 4.19. The van der Waals surface area contributed by atoms with Gasteiger partial charge in [0.25, 0.3) is 0 Å². The van der Waals surface area contributed by atoms with E-state index in [2.05, 4.69) is 36.6 Å². The Bertz CT molecular complexity index is 518. The topological polar surface area (TPSA) is 41.1 Å². The molecular formula is C17H24N2O. The van der Waals surface area contributed by atoms with E-state index >= 15 is 0 Å². The monoisotopic (exact) mass is 272 g/mol. The average Bonchev–Trinajstić information content (AvgIpc) is 2.84. The van der Waals surface area contributed by atoms with Gasteiger partial charge in [0, 0.05) is 11.7 Å². The summed E-state index contributed by atoms with van der Waals surface area (Å²) in [7, 11) is 0. The van der Waals surface area contributed by atoms with Crippen LogP contribution >= 0.6 is 0 Å². The largest absolute Gasteiger partial charge is 0.335 e. The molecule has 2 aliphatic rings. The van der Waals surface area contributed by atoms with Crippen LogP contribution in [-0.2, 0) is 12.8 Å². The number of amides is 2. The standard InChI is InChI=1S/C17H24N2O/c1-3-17(2)10-15(11-17)19-16(20)18-14-8-7-12-5-4-6-13(12)9-14/h7-9,15H,3-6,10-11H2,1-2H3,(H2,18,19,20). The zero-order valence-corrected chi connectivity index (χ0v) is 12.5. The minimum Gasteiger partial charge on any atom is -0.335 e. The zero-order valence-electron chi connectivity index (χ0n) is 12.5. The van der Waals surface area contributed by atoms with Crippen LogP contribution in [0.5, 0.6) is 0 Å². The number of urea groups is 1. The fourth-order valence-corrected chi connectivity index (χ4v) is 3.52. The number of fused-ring (bicyclic) bond motifs is 1. The first-order chi connectivity index (χ1) is 9.58. The molecule has 0 aliphatic heterocycles. The van der Waals surface area contributed by atoms with Crippen molar-refractivity contribution in [1.82, 2.24) is 5.32 Å². The molecule has 1 fully saturated rings. The second-order valence-corrected chi connectivity index (χ2v) is 6.70. The van der Waals surface area contributed by atoms with Gasteiger partial charge in [-0.1, -0.05) is 26.3 Å². The third-order valence-corrected chi connectivity index (χ3v) is 5.02. The smallest absolute Gasteiger partial charge is 0.319 e. The summed E-state index contributed by atoms with van der Waals surface area (Å²) in [5, 5.41) is 6.04. The molecule has 2 amide bonds. The summed E-state index contributed by atoms with van der Waals surface area (Å²) in [6.45, 7) is 4.52. The van der Waals surface area contributed by atoms with Gasteiger partial charge < -0.3 is 10.6 Å². The molecule has 108 valence electrons. The fourth-order valence-electron chi connectivity index (χ4n) is 3.52. The molecule has 0 bridgehead atoms. The van der Waals surface area contributed by atoms with Crippen LogP contribution in [-0.4, -0.2) is 12.1 Å². The van der Waals surface area contributed by atoms with E-state index in [4.69, 9.17) is 0 Å². The van der Waals surface area contributed by atoms with Crippen molar-refractivity contribution in [1.29, 1.82) is 0 Å². The van der Waals surface area contributed by atoms with E-state index in [1.54, 1.807) is 0 Å². The third kappa shape index (κ3) is 2.67. The molecule has 0 spiro atoms. The van der Waals surface area contributed by atoms with Crippen LogP contribution in [0.15, 0.2) is 18.2 Å². The molecule has 0 radical (unpaired) electrons. The van der Waals surface area contributed by atoms with E-state index in [0.29, 0.717) is 11.5 Å². The Labute approximate surface area is 121 Å². The summed E-state index contributed by atoms with van der Waals surface area (Å²) in [6.07, 6.45) is 6.95. The molecule has 0 saturated heterocycles. The summed E-state index contributed by atoms with van der Waals surface area (Å²) < 4.78 is 0. The second-order valence-electron chi connectivity index (χ2n) is 6.70. The van der Waals surface area contributed by atoms with Gasteiger partial charge in [-0.05, 0) is 60.8 Å². The van der Waals surface area contributed by atoms with E-state index in [1.165, 1.54) is 30.4 Å². The number of benzene rings is 1. The van der Waals surface area contributed by atoms with Crippen LogP contribution in [0.1, 0.15) is 50.7 Å². The molecule has 0 atom stereocenters. The Kier molecular flexibility index (Phi) is 3.45. The highest BCUT2D eigenvalue weighted by molar-refractivity contribution is 5.89. The van der Waals surface area contributed by atoms with E-state index in [9.17, 15) is 4.79 Å². The molecule has 2 aliphatic carbocycles. The Hall–Kier alpha value is -1.51. The highest BCUT2D eigenvalue weighted by Gasteiger charge is 2.39. The Balaban J connectivity index is 1.52. The lowest BCUT2D eigenvalue weighted by Gasteiger charge is -2.45. The lowest BCUT2D eigenvalue weighted by molar-refractivity contribution is 0.105. The van der Waals surface area contributed by atoms with Gasteiger partial charge in [0.1, 0.15) is 0 Å². The number of hydrogen-bond donors (Lipinski definition) is 2. The Morgan fingerprint density at radius 2 is 2.05 bits per heavy atom. The Morgan fingerprint density at radius 1 is 1.30 bits per heavy atom. The maximum Gasteiger partial charge on any atom is 0.319 e. The third-order valence-electron chi connectivity index (χ3n) is 5.02. The molecular weight excluding hydrogens is 248 g/mol. The first-order valence-electron chi connectivity index (χ1n) is 7.77. The lowest BCUT2D eigenvalue weighted by atomic mass is 9.65. The summed E-state index contributed by atoms with van der Waals surface area (Å²) in [5.74, 6) is 0. The van der Waals surface area contributed by atoms with Crippen molar-refractivity contribution >= 4 is 11.7 Å². The van der Waals surface area contributed by atoms with Crippen LogP contribution in [0.25, 0.3) is 0 Å².